The maximum Gasteiger partial charge on any atom is 0.0682 e. The molecule has 2 aliphatic rings. The Hall–Kier alpha value is -0.300. The third-order valence-electron chi connectivity index (χ3n) is 4.68. The van der Waals surface area contributed by atoms with Crippen LogP contribution in [0.15, 0.2) is 11.6 Å². The van der Waals surface area contributed by atoms with Crippen molar-refractivity contribution in [3.05, 3.63) is 11.6 Å². The van der Waals surface area contributed by atoms with E-state index >= 15 is 0 Å². The van der Waals surface area contributed by atoms with Crippen molar-refractivity contribution in [2.24, 2.45) is 11.3 Å². The van der Waals surface area contributed by atoms with Crippen LogP contribution in [0, 0.1) is 11.3 Å². The standard InChI is InChI=1S/C14H24O/c1-4-14(15)9-7-12-11(10-14)6-5-8-13(12,2)3/h6,12,15H,4-5,7-10H2,1-3H3. The maximum absolute atomic E-state index is 10.3. The Morgan fingerprint density at radius 2 is 2.13 bits per heavy atom. The van der Waals surface area contributed by atoms with Crippen molar-refractivity contribution in [2.45, 2.75) is 64.9 Å². The monoisotopic (exact) mass is 208 g/mol. The van der Waals surface area contributed by atoms with E-state index in [2.05, 4.69) is 26.8 Å². The number of rotatable bonds is 1. The summed E-state index contributed by atoms with van der Waals surface area (Å²) in [6, 6.07) is 0. The zero-order valence-electron chi connectivity index (χ0n) is 10.3. The van der Waals surface area contributed by atoms with Crippen LogP contribution in [0.4, 0.5) is 0 Å². The highest BCUT2D eigenvalue weighted by atomic mass is 16.3. The SMILES string of the molecule is CCC1(O)CCC2C(=CCCC2(C)C)C1. The Labute approximate surface area is 93.6 Å². The van der Waals surface area contributed by atoms with Crippen LogP contribution in [0.25, 0.3) is 0 Å². The molecular formula is C14H24O. The van der Waals surface area contributed by atoms with Gasteiger partial charge in [0.15, 0.2) is 0 Å². The van der Waals surface area contributed by atoms with Crippen molar-refractivity contribution in [1.29, 1.82) is 0 Å². The minimum absolute atomic E-state index is 0.393. The second-order valence-corrected chi connectivity index (χ2v) is 6.15. The lowest BCUT2D eigenvalue weighted by Gasteiger charge is -2.46. The Kier molecular flexibility index (Phi) is 2.70. The summed E-state index contributed by atoms with van der Waals surface area (Å²) in [5.74, 6) is 0.734. The molecule has 1 saturated carbocycles. The molecule has 0 heterocycles. The number of hydrogen-bond acceptors (Lipinski definition) is 1. The predicted molar refractivity (Wildman–Crippen MR) is 63.7 cm³/mol. The van der Waals surface area contributed by atoms with E-state index in [-0.39, 0.29) is 0 Å². The summed E-state index contributed by atoms with van der Waals surface area (Å²) >= 11 is 0. The first-order valence-corrected chi connectivity index (χ1v) is 6.38. The zero-order chi connectivity index (χ0) is 11.1. The first-order chi connectivity index (χ1) is 6.97. The minimum Gasteiger partial charge on any atom is -0.390 e. The van der Waals surface area contributed by atoms with Gasteiger partial charge in [-0.2, -0.15) is 0 Å². The highest BCUT2D eigenvalue weighted by Crippen LogP contribution is 2.50. The van der Waals surface area contributed by atoms with Crippen LogP contribution in [-0.4, -0.2) is 10.7 Å². The van der Waals surface area contributed by atoms with Crippen LogP contribution in [0.1, 0.15) is 59.3 Å². The summed E-state index contributed by atoms with van der Waals surface area (Å²) in [6.07, 6.45) is 8.92. The molecule has 0 aliphatic heterocycles. The summed E-state index contributed by atoms with van der Waals surface area (Å²) in [7, 11) is 0. The van der Waals surface area contributed by atoms with Gasteiger partial charge in [0.25, 0.3) is 0 Å². The zero-order valence-corrected chi connectivity index (χ0v) is 10.3. The number of allylic oxidation sites excluding steroid dienone is 1. The molecule has 0 bridgehead atoms. The molecule has 2 rings (SSSR count). The summed E-state index contributed by atoms with van der Waals surface area (Å²) in [6.45, 7) is 6.89. The fourth-order valence-corrected chi connectivity index (χ4v) is 3.40. The van der Waals surface area contributed by atoms with E-state index in [1.165, 1.54) is 19.3 Å². The molecule has 1 N–H and O–H groups in total. The van der Waals surface area contributed by atoms with E-state index in [9.17, 15) is 5.11 Å². The molecule has 0 aromatic heterocycles. The second kappa shape index (κ2) is 3.62. The van der Waals surface area contributed by atoms with Crippen molar-refractivity contribution < 1.29 is 5.11 Å². The van der Waals surface area contributed by atoms with Crippen LogP contribution in [0.2, 0.25) is 0 Å². The summed E-state index contributed by atoms with van der Waals surface area (Å²) in [5.41, 5.74) is 1.61. The summed E-state index contributed by atoms with van der Waals surface area (Å²) in [5, 5.41) is 10.3. The quantitative estimate of drug-likeness (QED) is 0.652. The minimum atomic E-state index is -0.393. The van der Waals surface area contributed by atoms with Crippen molar-refractivity contribution in [2.75, 3.05) is 0 Å². The van der Waals surface area contributed by atoms with Gasteiger partial charge in [0.05, 0.1) is 5.60 Å². The van der Waals surface area contributed by atoms with Gasteiger partial charge in [-0.15, -0.1) is 0 Å². The summed E-state index contributed by atoms with van der Waals surface area (Å²) in [4.78, 5) is 0. The van der Waals surface area contributed by atoms with Gasteiger partial charge in [0, 0.05) is 0 Å². The maximum atomic E-state index is 10.3. The molecule has 0 amide bonds. The van der Waals surface area contributed by atoms with Gasteiger partial charge in [-0.05, 0) is 49.9 Å². The normalized spacial score (nSPS) is 39.5. The van der Waals surface area contributed by atoms with Crippen LogP contribution >= 0.6 is 0 Å². The van der Waals surface area contributed by atoms with Gasteiger partial charge in [-0.25, -0.2) is 0 Å². The van der Waals surface area contributed by atoms with Gasteiger partial charge in [-0.3, -0.25) is 0 Å². The lowest BCUT2D eigenvalue weighted by molar-refractivity contribution is -0.00831. The van der Waals surface area contributed by atoms with Crippen molar-refractivity contribution in [3.8, 4) is 0 Å². The largest absolute Gasteiger partial charge is 0.390 e. The Bertz CT molecular complexity index is 277. The third kappa shape index (κ3) is 1.99. The first-order valence-electron chi connectivity index (χ1n) is 6.38. The number of fused-ring (bicyclic) bond motifs is 1. The molecule has 15 heavy (non-hydrogen) atoms. The van der Waals surface area contributed by atoms with Gasteiger partial charge >= 0.3 is 0 Å². The van der Waals surface area contributed by atoms with Gasteiger partial charge in [0.1, 0.15) is 0 Å². The molecule has 1 fully saturated rings. The molecular weight excluding hydrogens is 184 g/mol. The highest BCUT2D eigenvalue weighted by Gasteiger charge is 2.42. The predicted octanol–water partition coefficient (Wildman–Crippen LogP) is 3.67. The van der Waals surface area contributed by atoms with E-state index in [0.717, 1.165) is 25.2 Å². The summed E-state index contributed by atoms with van der Waals surface area (Å²) < 4.78 is 0. The molecule has 0 radical (unpaired) electrons. The smallest absolute Gasteiger partial charge is 0.0682 e. The molecule has 0 spiro atoms. The molecule has 2 aliphatic carbocycles. The molecule has 0 saturated heterocycles. The first kappa shape index (κ1) is 11.2. The topological polar surface area (TPSA) is 20.2 Å². The van der Waals surface area contributed by atoms with E-state index in [1.807, 2.05) is 0 Å². The third-order valence-corrected chi connectivity index (χ3v) is 4.68. The Morgan fingerprint density at radius 1 is 1.40 bits per heavy atom. The van der Waals surface area contributed by atoms with Gasteiger partial charge < -0.3 is 5.11 Å². The molecule has 0 aromatic carbocycles. The van der Waals surface area contributed by atoms with Crippen molar-refractivity contribution in [1.82, 2.24) is 0 Å². The van der Waals surface area contributed by atoms with Crippen molar-refractivity contribution in [3.63, 3.8) is 0 Å². The Balaban J connectivity index is 2.19. The van der Waals surface area contributed by atoms with Crippen LogP contribution in [0.3, 0.4) is 0 Å². The number of aliphatic hydroxyl groups is 1. The average molecular weight is 208 g/mol. The highest BCUT2D eigenvalue weighted by molar-refractivity contribution is 5.20. The molecule has 2 atom stereocenters. The molecule has 86 valence electrons. The van der Waals surface area contributed by atoms with Gasteiger partial charge in [0.2, 0.25) is 0 Å². The lowest BCUT2D eigenvalue weighted by atomic mass is 9.60. The molecule has 1 heteroatoms. The van der Waals surface area contributed by atoms with Crippen LogP contribution in [-0.2, 0) is 0 Å². The fourth-order valence-electron chi connectivity index (χ4n) is 3.40. The molecule has 1 nitrogen and oxygen atoms in total. The lowest BCUT2D eigenvalue weighted by Crippen LogP contribution is -2.40. The van der Waals surface area contributed by atoms with E-state index < -0.39 is 5.60 Å². The van der Waals surface area contributed by atoms with Crippen LogP contribution in [0.5, 0.6) is 0 Å². The van der Waals surface area contributed by atoms with E-state index in [1.54, 1.807) is 5.57 Å². The second-order valence-electron chi connectivity index (χ2n) is 6.15. The number of hydrogen-bond donors (Lipinski definition) is 1. The van der Waals surface area contributed by atoms with Crippen LogP contribution < -0.4 is 0 Å². The Morgan fingerprint density at radius 3 is 2.80 bits per heavy atom. The van der Waals surface area contributed by atoms with Gasteiger partial charge in [-0.1, -0.05) is 32.4 Å². The van der Waals surface area contributed by atoms with E-state index in [4.69, 9.17) is 0 Å². The average Bonchev–Trinajstić information content (AvgIpc) is 2.17. The van der Waals surface area contributed by atoms with Crippen molar-refractivity contribution >= 4 is 0 Å². The molecule has 0 aromatic rings. The fraction of sp³-hybridized carbons (Fsp3) is 0.857. The molecule has 2 unspecified atom stereocenters. The van der Waals surface area contributed by atoms with E-state index in [0.29, 0.717) is 5.41 Å².